The lowest BCUT2D eigenvalue weighted by atomic mass is 9.76. The third kappa shape index (κ3) is 5.29. The van der Waals surface area contributed by atoms with Crippen molar-refractivity contribution in [2.24, 2.45) is 17.1 Å². The number of anilines is 1. The number of nitrogens with two attached hydrogens (primary N) is 1. The largest absolute Gasteiger partial charge is 0.330 e. The van der Waals surface area contributed by atoms with Crippen LogP contribution in [0.15, 0.2) is 18.5 Å². The number of rotatable bonds is 6. The molecule has 1 unspecified atom stereocenters. The standard InChI is InChI=1S/C16H27N3O/c1-12-8-10-18-11-14(12)19-15(20)6-5-13(7-9-17)16(2,3)4/h8,10-11,13H,5-7,9,17H2,1-4H3,(H,19,20). The highest BCUT2D eigenvalue weighted by Gasteiger charge is 2.24. The number of carbonyl (C=O) groups excluding carboxylic acids is 1. The van der Waals surface area contributed by atoms with E-state index in [1.165, 1.54) is 0 Å². The van der Waals surface area contributed by atoms with E-state index in [-0.39, 0.29) is 11.3 Å². The first-order valence-corrected chi connectivity index (χ1v) is 7.25. The lowest BCUT2D eigenvalue weighted by Crippen LogP contribution is -2.25. The third-order valence-electron chi connectivity index (χ3n) is 3.77. The number of hydrogen-bond donors (Lipinski definition) is 2. The molecule has 0 bridgehead atoms. The number of aromatic nitrogens is 1. The quantitative estimate of drug-likeness (QED) is 0.839. The number of aryl methyl sites for hydroxylation is 1. The zero-order valence-corrected chi connectivity index (χ0v) is 13.1. The zero-order chi connectivity index (χ0) is 15.2. The fraction of sp³-hybridized carbons (Fsp3) is 0.625. The van der Waals surface area contributed by atoms with E-state index in [1.54, 1.807) is 12.4 Å². The Morgan fingerprint density at radius 1 is 1.40 bits per heavy atom. The van der Waals surface area contributed by atoms with E-state index in [9.17, 15) is 4.79 Å². The lowest BCUT2D eigenvalue weighted by Gasteiger charge is -2.30. The molecule has 1 atom stereocenters. The smallest absolute Gasteiger partial charge is 0.224 e. The average molecular weight is 277 g/mol. The first-order chi connectivity index (χ1) is 9.34. The highest BCUT2D eigenvalue weighted by molar-refractivity contribution is 5.91. The second kappa shape index (κ2) is 7.39. The van der Waals surface area contributed by atoms with Crippen molar-refractivity contribution >= 4 is 11.6 Å². The number of amides is 1. The van der Waals surface area contributed by atoms with Gasteiger partial charge in [0.25, 0.3) is 0 Å². The number of nitrogens with zero attached hydrogens (tertiary/aromatic N) is 1. The normalized spacial score (nSPS) is 13.1. The van der Waals surface area contributed by atoms with E-state index in [2.05, 4.69) is 31.1 Å². The van der Waals surface area contributed by atoms with Crippen molar-refractivity contribution in [2.45, 2.75) is 47.0 Å². The van der Waals surface area contributed by atoms with E-state index < -0.39 is 0 Å². The predicted octanol–water partition coefficient (Wildman–Crippen LogP) is 3.12. The van der Waals surface area contributed by atoms with Gasteiger partial charge in [0.05, 0.1) is 11.9 Å². The number of pyridine rings is 1. The fourth-order valence-electron chi connectivity index (χ4n) is 2.32. The molecule has 1 rings (SSSR count). The minimum atomic E-state index is 0.0485. The van der Waals surface area contributed by atoms with Crippen LogP contribution < -0.4 is 11.1 Å². The van der Waals surface area contributed by atoms with Gasteiger partial charge >= 0.3 is 0 Å². The van der Waals surface area contributed by atoms with Gasteiger partial charge in [-0.25, -0.2) is 0 Å². The molecule has 0 saturated heterocycles. The first kappa shape index (κ1) is 16.6. The van der Waals surface area contributed by atoms with Crippen LogP contribution in [0.1, 0.15) is 45.6 Å². The van der Waals surface area contributed by atoms with E-state index in [4.69, 9.17) is 5.73 Å². The number of carbonyl (C=O) groups is 1. The number of nitrogens with one attached hydrogen (secondary N) is 1. The highest BCUT2D eigenvalue weighted by Crippen LogP contribution is 2.32. The molecule has 1 heterocycles. The van der Waals surface area contributed by atoms with Gasteiger partial charge in [0, 0.05) is 12.6 Å². The lowest BCUT2D eigenvalue weighted by molar-refractivity contribution is -0.116. The summed E-state index contributed by atoms with van der Waals surface area (Å²) < 4.78 is 0. The molecule has 4 nitrogen and oxygen atoms in total. The molecule has 0 fully saturated rings. The number of hydrogen-bond acceptors (Lipinski definition) is 3. The van der Waals surface area contributed by atoms with Crippen molar-refractivity contribution in [2.75, 3.05) is 11.9 Å². The molecule has 0 radical (unpaired) electrons. The Hall–Kier alpha value is -1.42. The Morgan fingerprint density at radius 2 is 2.10 bits per heavy atom. The molecule has 1 aromatic rings. The molecule has 0 saturated carbocycles. The summed E-state index contributed by atoms with van der Waals surface area (Å²) in [5, 5.41) is 2.93. The van der Waals surface area contributed by atoms with Gasteiger partial charge in [0.1, 0.15) is 0 Å². The summed E-state index contributed by atoms with van der Waals surface area (Å²) in [6.07, 6.45) is 5.76. The molecular weight excluding hydrogens is 250 g/mol. The molecule has 0 spiro atoms. The van der Waals surface area contributed by atoms with Crippen LogP contribution in [0.2, 0.25) is 0 Å². The predicted molar refractivity (Wildman–Crippen MR) is 83.5 cm³/mol. The van der Waals surface area contributed by atoms with Crippen LogP contribution in [0, 0.1) is 18.3 Å². The van der Waals surface area contributed by atoms with Crippen LogP contribution in [-0.2, 0) is 4.79 Å². The molecule has 112 valence electrons. The molecular formula is C16H27N3O. The Bertz CT molecular complexity index is 438. The summed E-state index contributed by atoms with van der Waals surface area (Å²) in [5.74, 6) is 0.514. The van der Waals surface area contributed by atoms with Gasteiger partial charge in [0.2, 0.25) is 5.91 Å². The maximum atomic E-state index is 12.0. The van der Waals surface area contributed by atoms with Gasteiger partial charge < -0.3 is 11.1 Å². The Balaban J connectivity index is 2.52. The fourth-order valence-corrected chi connectivity index (χ4v) is 2.32. The van der Waals surface area contributed by atoms with E-state index in [0.29, 0.717) is 18.9 Å². The Labute approximate surface area is 122 Å². The topological polar surface area (TPSA) is 68.0 Å². The monoisotopic (exact) mass is 277 g/mol. The summed E-state index contributed by atoms with van der Waals surface area (Å²) in [4.78, 5) is 16.1. The average Bonchev–Trinajstić information content (AvgIpc) is 2.36. The SMILES string of the molecule is Cc1ccncc1NC(=O)CCC(CCN)C(C)(C)C. The van der Waals surface area contributed by atoms with E-state index in [1.807, 2.05) is 13.0 Å². The van der Waals surface area contributed by atoms with Crippen LogP contribution in [0.25, 0.3) is 0 Å². The maximum absolute atomic E-state index is 12.0. The molecule has 0 aliphatic carbocycles. The van der Waals surface area contributed by atoms with Crippen LogP contribution >= 0.6 is 0 Å². The van der Waals surface area contributed by atoms with Crippen molar-refractivity contribution in [1.82, 2.24) is 4.98 Å². The van der Waals surface area contributed by atoms with Gasteiger partial charge in [-0.15, -0.1) is 0 Å². The summed E-state index contributed by atoms with van der Waals surface area (Å²) >= 11 is 0. The minimum absolute atomic E-state index is 0.0485. The van der Waals surface area contributed by atoms with Crippen molar-refractivity contribution in [3.05, 3.63) is 24.0 Å². The molecule has 1 amide bonds. The van der Waals surface area contributed by atoms with Gasteiger partial charge in [0.15, 0.2) is 0 Å². The minimum Gasteiger partial charge on any atom is -0.330 e. The molecule has 1 aromatic heterocycles. The van der Waals surface area contributed by atoms with Gasteiger partial charge in [-0.3, -0.25) is 9.78 Å². The van der Waals surface area contributed by atoms with Gasteiger partial charge in [-0.2, -0.15) is 0 Å². The highest BCUT2D eigenvalue weighted by atomic mass is 16.1. The maximum Gasteiger partial charge on any atom is 0.224 e. The second-order valence-corrected chi connectivity index (χ2v) is 6.42. The molecule has 0 aliphatic rings. The van der Waals surface area contributed by atoms with Gasteiger partial charge in [-0.05, 0) is 49.3 Å². The molecule has 0 aromatic carbocycles. The first-order valence-electron chi connectivity index (χ1n) is 7.25. The van der Waals surface area contributed by atoms with E-state index in [0.717, 1.165) is 24.1 Å². The van der Waals surface area contributed by atoms with Crippen LogP contribution in [-0.4, -0.2) is 17.4 Å². The third-order valence-corrected chi connectivity index (χ3v) is 3.77. The molecule has 3 N–H and O–H groups in total. The summed E-state index contributed by atoms with van der Waals surface area (Å²) in [6, 6.07) is 1.89. The second-order valence-electron chi connectivity index (χ2n) is 6.42. The molecule has 4 heteroatoms. The summed E-state index contributed by atoms with van der Waals surface area (Å²) in [7, 11) is 0. The van der Waals surface area contributed by atoms with Crippen molar-refractivity contribution < 1.29 is 4.79 Å². The van der Waals surface area contributed by atoms with Crippen molar-refractivity contribution in [3.63, 3.8) is 0 Å². The summed E-state index contributed by atoms with van der Waals surface area (Å²) in [5.41, 5.74) is 7.68. The van der Waals surface area contributed by atoms with Crippen LogP contribution in [0.5, 0.6) is 0 Å². The molecule has 0 aliphatic heterocycles. The Morgan fingerprint density at radius 3 is 2.65 bits per heavy atom. The van der Waals surface area contributed by atoms with Crippen molar-refractivity contribution in [1.29, 1.82) is 0 Å². The summed E-state index contributed by atoms with van der Waals surface area (Å²) in [6.45, 7) is 9.25. The van der Waals surface area contributed by atoms with Crippen LogP contribution in [0.3, 0.4) is 0 Å². The zero-order valence-electron chi connectivity index (χ0n) is 13.1. The van der Waals surface area contributed by atoms with Crippen molar-refractivity contribution in [3.8, 4) is 0 Å². The van der Waals surface area contributed by atoms with Gasteiger partial charge in [-0.1, -0.05) is 20.8 Å². The van der Waals surface area contributed by atoms with Crippen LogP contribution in [0.4, 0.5) is 5.69 Å². The Kier molecular flexibility index (Phi) is 6.14. The molecule has 20 heavy (non-hydrogen) atoms. The van der Waals surface area contributed by atoms with E-state index >= 15 is 0 Å².